The van der Waals surface area contributed by atoms with E-state index in [4.69, 9.17) is 9.84 Å². The van der Waals surface area contributed by atoms with E-state index in [2.05, 4.69) is 70.9 Å². The van der Waals surface area contributed by atoms with Crippen LogP contribution in [-0.2, 0) is 11.3 Å². The highest BCUT2D eigenvalue weighted by Gasteiger charge is 2.46. The molecule has 5 nitrogen and oxygen atoms in total. The molecular weight excluding hydrogens is 424 g/mol. The summed E-state index contributed by atoms with van der Waals surface area (Å²) in [6, 6.07) is 30.2. The molecule has 3 heterocycles. The number of hydrogen-bond donors (Lipinski definition) is 2. The molecule has 2 bridgehead atoms. The van der Waals surface area contributed by atoms with Crippen molar-refractivity contribution in [2.75, 3.05) is 19.7 Å². The van der Waals surface area contributed by atoms with Gasteiger partial charge in [0.15, 0.2) is 6.61 Å². The van der Waals surface area contributed by atoms with Gasteiger partial charge in [-0.25, -0.2) is 4.79 Å². The summed E-state index contributed by atoms with van der Waals surface area (Å²) >= 11 is 0. The fourth-order valence-corrected chi connectivity index (χ4v) is 5.85. The second kappa shape index (κ2) is 10.4. The Morgan fingerprint density at radius 3 is 2.12 bits per heavy atom. The lowest BCUT2D eigenvalue weighted by molar-refractivity contribution is -0.139. The number of benzene rings is 3. The van der Waals surface area contributed by atoms with Crippen LogP contribution in [0, 0.1) is 5.92 Å². The maximum Gasteiger partial charge on any atom is 0.341 e. The highest BCUT2D eigenvalue weighted by molar-refractivity contribution is 5.68. The molecule has 2 unspecified atom stereocenters. The minimum absolute atomic E-state index is 0.279. The molecule has 0 radical (unpaired) electrons. The van der Waals surface area contributed by atoms with Gasteiger partial charge in [-0.05, 0) is 49.0 Å². The molecule has 3 saturated heterocycles. The Morgan fingerprint density at radius 2 is 1.50 bits per heavy atom. The van der Waals surface area contributed by atoms with Crippen molar-refractivity contribution in [1.82, 2.24) is 10.2 Å². The van der Waals surface area contributed by atoms with Crippen LogP contribution in [0.3, 0.4) is 0 Å². The molecule has 5 heteroatoms. The molecule has 0 spiro atoms. The Hall–Kier alpha value is -3.15. The number of rotatable bonds is 9. The quantitative estimate of drug-likeness (QED) is 0.495. The summed E-state index contributed by atoms with van der Waals surface area (Å²) in [7, 11) is 0. The number of hydrogen-bond acceptors (Lipinski definition) is 4. The molecule has 0 aliphatic carbocycles. The lowest BCUT2D eigenvalue weighted by Gasteiger charge is -2.54. The number of carbonyl (C=O) groups is 1. The van der Waals surface area contributed by atoms with Gasteiger partial charge in [-0.2, -0.15) is 0 Å². The second-order valence-corrected chi connectivity index (χ2v) is 9.36. The monoisotopic (exact) mass is 456 g/mol. The number of carboxylic acids is 1. The van der Waals surface area contributed by atoms with E-state index in [1.807, 2.05) is 24.3 Å². The van der Waals surface area contributed by atoms with Gasteiger partial charge in [-0.1, -0.05) is 78.9 Å². The maximum absolute atomic E-state index is 11.0. The zero-order chi connectivity index (χ0) is 23.3. The standard InChI is InChI=1S/C29H32N2O3/c32-26(33)20-34-25-14-8-7-13-24(25)19-30-28-23-15-17-31(18-16-23)29(28)27(21-9-3-1-4-10-21)22-11-5-2-6-12-22/h1-14,23,27-30H,15-20H2,(H,32,33). The van der Waals surface area contributed by atoms with Crippen LogP contribution in [0.25, 0.3) is 0 Å². The van der Waals surface area contributed by atoms with Gasteiger partial charge in [-0.15, -0.1) is 0 Å². The van der Waals surface area contributed by atoms with Gasteiger partial charge in [0.05, 0.1) is 0 Å². The lowest BCUT2D eigenvalue weighted by Crippen LogP contribution is -2.64. The normalized spacial score (nSPS) is 23.7. The maximum atomic E-state index is 11.0. The number of aliphatic carboxylic acids is 1. The van der Waals surface area contributed by atoms with Gasteiger partial charge < -0.3 is 15.2 Å². The average Bonchev–Trinajstić information content (AvgIpc) is 2.89. The third-order valence-corrected chi connectivity index (χ3v) is 7.38. The first-order chi connectivity index (χ1) is 16.7. The van der Waals surface area contributed by atoms with E-state index in [1.165, 1.54) is 24.0 Å². The predicted octanol–water partition coefficient (Wildman–Crippen LogP) is 4.53. The van der Waals surface area contributed by atoms with Crippen molar-refractivity contribution in [3.8, 4) is 5.75 Å². The van der Waals surface area contributed by atoms with Crippen molar-refractivity contribution in [2.45, 2.75) is 37.4 Å². The van der Waals surface area contributed by atoms with Crippen molar-refractivity contribution in [3.63, 3.8) is 0 Å². The molecule has 0 aromatic heterocycles. The number of nitrogens with zero attached hydrogens (tertiary/aromatic N) is 1. The van der Waals surface area contributed by atoms with Gasteiger partial charge in [0.1, 0.15) is 5.75 Å². The first-order valence-electron chi connectivity index (χ1n) is 12.2. The molecule has 6 rings (SSSR count). The molecule has 2 N–H and O–H groups in total. The average molecular weight is 457 g/mol. The molecule has 3 fully saturated rings. The van der Waals surface area contributed by atoms with Crippen LogP contribution < -0.4 is 10.1 Å². The first kappa shape index (κ1) is 22.6. The van der Waals surface area contributed by atoms with Gasteiger partial charge >= 0.3 is 5.97 Å². The summed E-state index contributed by atoms with van der Waals surface area (Å²) in [5.41, 5.74) is 3.70. The molecular formula is C29H32N2O3. The van der Waals surface area contributed by atoms with E-state index < -0.39 is 5.97 Å². The summed E-state index contributed by atoms with van der Waals surface area (Å²) in [5.74, 6) is 0.574. The van der Waals surface area contributed by atoms with E-state index in [0.29, 0.717) is 30.3 Å². The first-order valence-corrected chi connectivity index (χ1v) is 12.2. The number of nitrogens with one attached hydrogen (secondary N) is 1. The molecule has 3 aromatic rings. The summed E-state index contributed by atoms with van der Waals surface area (Å²) in [6.07, 6.45) is 2.42. The van der Waals surface area contributed by atoms with Gasteiger partial charge in [0.25, 0.3) is 0 Å². The number of ether oxygens (including phenoxy) is 1. The van der Waals surface area contributed by atoms with Crippen molar-refractivity contribution < 1.29 is 14.6 Å². The fraction of sp³-hybridized carbons (Fsp3) is 0.345. The minimum Gasteiger partial charge on any atom is -0.482 e. The van der Waals surface area contributed by atoms with E-state index in [0.717, 1.165) is 18.7 Å². The number of fused-ring (bicyclic) bond motifs is 3. The van der Waals surface area contributed by atoms with E-state index >= 15 is 0 Å². The topological polar surface area (TPSA) is 61.8 Å². The van der Waals surface area contributed by atoms with E-state index in [-0.39, 0.29) is 12.5 Å². The number of para-hydroxylation sites is 1. The molecule has 34 heavy (non-hydrogen) atoms. The Morgan fingerprint density at radius 1 is 0.912 bits per heavy atom. The Kier molecular flexibility index (Phi) is 6.93. The van der Waals surface area contributed by atoms with Crippen molar-refractivity contribution >= 4 is 5.97 Å². The Labute approximate surface area is 201 Å². The van der Waals surface area contributed by atoms with Gasteiger partial charge in [0, 0.05) is 30.1 Å². The minimum atomic E-state index is -0.964. The zero-order valence-electron chi connectivity index (χ0n) is 19.3. The van der Waals surface area contributed by atoms with Crippen LogP contribution in [-0.4, -0.2) is 47.8 Å². The van der Waals surface area contributed by atoms with Gasteiger partial charge in [0.2, 0.25) is 0 Å². The molecule has 176 valence electrons. The molecule has 3 aliphatic rings. The highest BCUT2D eigenvalue weighted by atomic mass is 16.5. The van der Waals surface area contributed by atoms with Crippen LogP contribution in [0.15, 0.2) is 84.9 Å². The summed E-state index contributed by atoms with van der Waals surface area (Å²) in [5, 5.41) is 12.9. The summed E-state index contributed by atoms with van der Waals surface area (Å²) < 4.78 is 5.56. The smallest absolute Gasteiger partial charge is 0.341 e. The third-order valence-electron chi connectivity index (χ3n) is 7.38. The van der Waals surface area contributed by atoms with Crippen molar-refractivity contribution in [2.24, 2.45) is 5.92 Å². The fourth-order valence-electron chi connectivity index (χ4n) is 5.85. The van der Waals surface area contributed by atoms with E-state index in [1.54, 1.807) is 0 Å². The van der Waals surface area contributed by atoms with Crippen LogP contribution in [0.1, 0.15) is 35.4 Å². The number of carboxylic acid groups (broad SMARTS) is 1. The van der Waals surface area contributed by atoms with Crippen LogP contribution in [0.2, 0.25) is 0 Å². The SMILES string of the molecule is O=C(O)COc1ccccc1CNC1C2CCN(CC2)C1C(c1ccccc1)c1ccccc1. The van der Waals surface area contributed by atoms with Gasteiger partial charge in [-0.3, -0.25) is 4.90 Å². The summed E-state index contributed by atoms with van der Waals surface area (Å²) in [4.78, 5) is 13.7. The molecule has 3 aliphatic heterocycles. The van der Waals surface area contributed by atoms with Crippen LogP contribution in [0.5, 0.6) is 5.75 Å². The lowest BCUT2D eigenvalue weighted by atomic mass is 9.70. The predicted molar refractivity (Wildman–Crippen MR) is 133 cm³/mol. The highest BCUT2D eigenvalue weighted by Crippen LogP contribution is 2.42. The van der Waals surface area contributed by atoms with Crippen molar-refractivity contribution in [3.05, 3.63) is 102 Å². The molecule has 2 atom stereocenters. The largest absolute Gasteiger partial charge is 0.482 e. The zero-order valence-corrected chi connectivity index (χ0v) is 19.3. The van der Waals surface area contributed by atoms with Crippen LogP contribution in [0.4, 0.5) is 0 Å². The summed E-state index contributed by atoms with van der Waals surface area (Å²) in [6.45, 7) is 2.60. The van der Waals surface area contributed by atoms with Crippen LogP contribution >= 0.6 is 0 Å². The van der Waals surface area contributed by atoms with E-state index in [9.17, 15) is 4.79 Å². The Balaban J connectivity index is 1.44. The molecule has 0 saturated carbocycles. The third kappa shape index (κ3) is 4.86. The molecule has 0 amide bonds. The second-order valence-electron chi connectivity index (χ2n) is 9.36. The molecule has 3 aromatic carbocycles. The number of piperidine rings is 3. The Bertz CT molecular complexity index is 1040. The van der Waals surface area contributed by atoms with Crippen molar-refractivity contribution in [1.29, 1.82) is 0 Å².